The molecule has 0 aliphatic rings. The van der Waals surface area contributed by atoms with Gasteiger partial charge in [0.05, 0.1) is 43.3 Å². The second kappa shape index (κ2) is 19.8. The van der Waals surface area contributed by atoms with Gasteiger partial charge in [-0.15, -0.1) is 0 Å². The van der Waals surface area contributed by atoms with Crippen molar-refractivity contribution >= 4 is 33.7 Å². The van der Waals surface area contributed by atoms with Crippen LogP contribution >= 0.6 is 0 Å². The number of hydrogen-bond acceptors (Lipinski definition) is 9. The fraction of sp³-hybridized carbons (Fsp3) is 0.477. The zero-order chi connectivity index (χ0) is 40.2. The number of aromatic nitrogens is 3. The molecule has 12 heteroatoms. The Labute approximate surface area is 330 Å². The minimum Gasteiger partial charge on any atom is -0.493 e. The van der Waals surface area contributed by atoms with E-state index in [1.54, 1.807) is 30.7 Å². The molecule has 1 N–H and O–H groups in total. The van der Waals surface area contributed by atoms with Gasteiger partial charge in [0.25, 0.3) is 0 Å². The van der Waals surface area contributed by atoms with E-state index in [1.807, 2.05) is 74.9 Å². The number of aliphatic hydroxyl groups excluding tert-OH is 1. The first-order chi connectivity index (χ1) is 27.0. The van der Waals surface area contributed by atoms with E-state index in [2.05, 4.69) is 18.2 Å². The van der Waals surface area contributed by atoms with Crippen molar-refractivity contribution in [3.63, 3.8) is 0 Å². The van der Waals surface area contributed by atoms with Crippen molar-refractivity contribution in [3.05, 3.63) is 83.3 Å². The van der Waals surface area contributed by atoms with Crippen LogP contribution in [-0.4, -0.2) is 89.1 Å². The highest BCUT2D eigenvalue weighted by molar-refractivity contribution is 6.05. The van der Waals surface area contributed by atoms with E-state index < -0.39 is 17.7 Å². The number of carbonyl (C=O) groups is 2. The van der Waals surface area contributed by atoms with Crippen molar-refractivity contribution in [2.75, 3.05) is 47.1 Å². The molecule has 56 heavy (non-hydrogen) atoms. The topological polar surface area (TPSA) is 127 Å². The number of fused-ring (bicyclic) bond motifs is 2. The number of ether oxygens (including phenoxy) is 5. The third-order valence-corrected chi connectivity index (χ3v) is 9.60. The van der Waals surface area contributed by atoms with E-state index >= 15 is 0 Å². The average Bonchev–Trinajstić information content (AvgIpc) is 3.67. The molecule has 0 radical (unpaired) electrons. The van der Waals surface area contributed by atoms with Crippen LogP contribution in [0.25, 0.3) is 32.8 Å². The van der Waals surface area contributed by atoms with Gasteiger partial charge in [-0.25, -0.2) is 9.59 Å². The van der Waals surface area contributed by atoms with Gasteiger partial charge < -0.3 is 38.3 Å². The number of aliphatic hydroxyl groups is 1. The molecule has 0 unspecified atom stereocenters. The van der Waals surface area contributed by atoms with Crippen molar-refractivity contribution in [2.24, 2.45) is 7.05 Å². The van der Waals surface area contributed by atoms with Crippen molar-refractivity contribution in [1.29, 1.82) is 0 Å². The number of carbonyl (C=O) groups excluding carboxylic acids is 2. The lowest BCUT2D eigenvalue weighted by atomic mass is 9.98. The third kappa shape index (κ3) is 10.3. The molecule has 2 heterocycles. The maximum Gasteiger partial charge on any atom is 0.410 e. The van der Waals surface area contributed by atoms with Gasteiger partial charge in [-0.05, 0) is 76.8 Å². The Morgan fingerprint density at radius 1 is 0.911 bits per heavy atom. The summed E-state index contributed by atoms with van der Waals surface area (Å²) < 4.78 is 32.7. The lowest BCUT2D eigenvalue weighted by Crippen LogP contribution is -2.35. The van der Waals surface area contributed by atoms with Crippen LogP contribution in [0.1, 0.15) is 80.8 Å². The average molecular weight is 771 g/mol. The molecule has 302 valence electrons. The minimum atomic E-state index is -0.625. The van der Waals surface area contributed by atoms with Crippen molar-refractivity contribution in [2.45, 2.75) is 85.2 Å². The smallest absolute Gasteiger partial charge is 0.410 e. The summed E-state index contributed by atoms with van der Waals surface area (Å²) in [5, 5.41) is 18.5. The van der Waals surface area contributed by atoms with E-state index in [0.717, 1.165) is 57.0 Å². The molecule has 0 saturated heterocycles. The number of amides is 1. The van der Waals surface area contributed by atoms with Crippen LogP contribution in [0.5, 0.6) is 5.75 Å². The van der Waals surface area contributed by atoms with Crippen LogP contribution in [0.15, 0.2) is 60.7 Å². The normalized spacial score (nSPS) is 11.7. The third-order valence-electron chi connectivity index (χ3n) is 9.60. The van der Waals surface area contributed by atoms with Gasteiger partial charge >= 0.3 is 12.1 Å². The van der Waals surface area contributed by atoms with Crippen LogP contribution in [0, 0.1) is 0 Å². The number of unbranched alkanes of at least 4 members (excludes halogenated alkanes) is 1. The summed E-state index contributed by atoms with van der Waals surface area (Å²) in [7, 11) is 5.21. The van der Waals surface area contributed by atoms with Gasteiger partial charge in [-0.2, -0.15) is 5.10 Å². The summed E-state index contributed by atoms with van der Waals surface area (Å²) in [5.74, 6) is 0.391. The molecule has 0 spiro atoms. The highest BCUT2D eigenvalue weighted by Crippen LogP contribution is 2.39. The first-order valence-electron chi connectivity index (χ1n) is 19.6. The summed E-state index contributed by atoms with van der Waals surface area (Å²) in [4.78, 5) is 28.5. The number of aryl methyl sites for hydroxylation is 3. The molecule has 5 aromatic rings. The molecule has 0 aliphatic carbocycles. The fourth-order valence-corrected chi connectivity index (χ4v) is 7.07. The standard InChI is InChI=1S/C44H58N4O8/c1-8-54-42(50)41-34(22-15-28-55-38-23-13-18-31-17-9-10-19-32(31)38)33-20-14-21-35(40(33)48(41)25-16-24-46(5)43(51)56-44(2,3)4)39-36(45-47(6)37(39)29-49)30-53-27-12-11-26-52-7/h9-10,13-14,17-21,23,49H,8,11-12,15-16,22,24-30H2,1-7H3. The number of hydrogen-bond donors (Lipinski definition) is 1. The number of benzene rings is 3. The van der Waals surface area contributed by atoms with Crippen molar-refractivity contribution in [1.82, 2.24) is 19.2 Å². The number of nitrogens with zero attached hydrogens (tertiary/aromatic N) is 4. The van der Waals surface area contributed by atoms with Crippen LogP contribution in [0.4, 0.5) is 4.79 Å². The first kappa shape index (κ1) is 42.2. The van der Waals surface area contributed by atoms with Crippen LogP contribution in [-0.2, 0) is 52.2 Å². The highest BCUT2D eigenvalue weighted by atomic mass is 16.6. The van der Waals surface area contributed by atoms with Gasteiger partial charge in [0.2, 0.25) is 0 Å². The SMILES string of the molecule is CCOC(=O)c1c(CCCOc2cccc3ccccc23)c2cccc(-c3c(COCCCCOC)nn(C)c3CO)c2n1CCCN(C)C(=O)OC(C)(C)C. The van der Waals surface area contributed by atoms with Crippen molar-refractivity contribution in [3.8, 4) is 16.9 Å². The zero-order valence-corrected chi connectivity index (χ0v) is 34.1. The molecule has 3 aromatic carbocycles. The van der Waals surface area contributed by atoms with Crippen LogP contribution < -0.4 is 4.74 Å². The Hall–Kier alpha value is -4.91. The quantitative estimate of drug-likeness (QED) is 0.0618. The summed E-state index contributed by atoms with van der Waals surface area (Å²) in [5.41, 5.74) is 4.43. The second-order valence-corrected chi connectivity index (χ2v) is 14.9. The van der Waals surface area contributed by atoms with E-state index in [9.17, 15) is 14.7 Å². The second-order valence-electron chi connectivity index (χ2n) is 14.9. The zero-order valence-electron chi connectivity index (χ0n) is 34.1. The Morgan fingerprint density at radius 3 is 2.39 bits per heavy atom. The molecular weight excluding hydrogens is 713 g/mol. The number of esters is 1. The Kier molecular flexibility index (Phi) is 14.9. The largest absolute Gasteiger partial charge is 0.493 e. The molecule has 12 nitrogen and oxygen atoms in total. The molecule has 0 bridgehead atoms. The molecule has 5 rings (SSSR count). The monoisotopic (exact) mass is 770 g/mol. The molecule has 1 amide bonds. The lowest BCUT2D eigenvalue weighted by molar-refractivity contribution is 0.0294. The summed E-state index contributed by atoms with van der Waals surface area (Å²) in [6.07, 6.45) is 3.02. The van der Waals surface area contributed by atoms with Gasteiger partial charge in [0.1, 0.15) is 17.0 Å². The maximum absolute atomic E-state index is 14.1. The van der Waals surface area contributed by atoms with Gasteiger partial charge in [-0.3, -0.25) is 4.68 Å². The fourth-order valence-electron chi connectivity index (χ4n) is 7.07. The van der Waals surface area contributed by atoms with E-state index in [4.69, 9.17) is 28.8 Å². The molecule has 0 saturated carbocycles. The van der Waals surface area contributed by atoms with Gasteiger partial charge in [0, 0.05) is 69.4 Å². The number of para-hydroxylation sites is 1. The van der Waals surface area contributed by atoms with Crippen LogP contribution in [0.2, 0.25) is 0 Å². The van der Waals surface area contributed by atoms with E-state index in [-0.39, 0.29) is 19.8 Å². The summed E-state index contributed by atoms with van der Waals surface area (Å²) in [6, 6.07) is 20.2. The van der Waals surface area contributed by atoms with Gasteiger partial charge in [-0.1, -0.05) is 54.6 Å². The van der Waals surface area contributed by atoms with Crippen molar-refractivity contribution < 1.29 is 38.4 Å². The molecule has 0 atom stereocenters. The lowest BCUT2D eigenvalue weighted by Gasteiger charge is -2.24. The summed E-state index contributed by atoms with van der Waals surface area (Å²) >= 11 is 0. The molecule has 0 fully saturated rings. The molecule has 0 aliphatic heterocycles. The predicted octanol–water partition coefficient (Wildman–Crippen LogP) is 8.08. The first-order valence-corrected chi connectivity index (χ1v) is 19.6. The Bertz CT molecular complexity index is 2070. The molecular formula is C44H58N4O8. The summed E-state index contributed by atoms with van der Waals surface area (Å²) in [6.45, 7) is 9.97. The molecule has 2 aromatic heterocycles. The van der Waals surface area contributed by atoms with E-state index in [0.29, 0.717) is 69.3 Å². The predicted molar refractivity (Wildman–Crippen MR) is 218 cm³/mol. The van der Waals surface area contributed by atoms with Crippen LogP contribution in [0.3, 0.4) is 0 Å². The minimum absolute atomic E-state index is 0.210. The number of methoxy groups -OCH3 is 1. The Balaban J connectivity index is 1.56. The highest BCUT2D eigenvalue weighted by Gasteiger charge is 2.28. The number of rotatable bonds is 20. The maximum atomic E-state index is 14.1. The van der Waals surface area contributed by atoms with Gasteiger partial charge in [0.15, 0.2) is 0 Å². The van der Waals surface area contributed by atoms with E-state index in [1.165, 1.54) is 0 Å². The Morgan fingerprint density at radius 2 is 1.64 bits per heavy atom.